The number of nitro groups is 1. The first kappa shape index (κ1) is 13.4. The van der Waals surface area contributed by atoms with E-state index in [2.05, 4.69) is 0 Å². The molecule has 0 aromatic heterocycles. The molecule has 0 aliphatic rings. The Morgan fingerprint density at radius 1 is 1.16 bits per heavy atom. The molecular weight excluding hydrogens is 262 g/mol. The van der Waals surface area contributed by atoms with Crippen LogP contribution in [0.5, 0.6) is 5.75 Å². The third-order valence-electron chi connectivity index (χ3n) is 2.60. The summed E-state index contributed by atoms with van der Waals surface area (Å²) in [4.78, 5) is 12.2. The molecule has 0 aliphatic heterocycles. The number of methoxy groups -OCH3 is 1. The lowest BCUT2D eigenvalue weighted by molar-refractivity contribution is -0.387. The standard InChI is InChI=1S/C14H13NO3S/c1-10-7-8-13(11(9-10)15(16)17)19-14-6-4-3-5-12(14)18-2/h3-9H,1-2H3. The molecule has 0 saturated heterocycles. The Morgan fingerprint density at radius 3 is 2.58 bits per heavy atom. The molecule has 98 valence electrons. The topological polar surface area (TPSA) is 52.4 Å². The number of benzene rings is 2. The molecule has 19 heavy (non-hydrogen) atoms. The Morgan fingerprint density at radius 2 is 1.89 bits per heavy atom. The highest BCUT2D eigenvalue weighted by atomic mass is 32.2. The van der Waals surface area contributed by atoms with Gasteiger partial charge in [-0.3, -0.25) is 10.1 Å². The second-order valence-corrected chi connectivity index (χ2v) is 5.06. The summed E-state index contributed by atoms with van der Waals surface area (Å²) in [7, 11) is 1.59. The highest BCUT2D eigenvalue weighted by molar-refractivity contribution is 7.99. The molecule has 0 atom stereocenters. The predicted molar refractivity (Wildman–Crippen MR) is 75.0 cm³/mol. The SMILES string of the molecule is COc1ccccc1Sc1ccc(C)cc1[N+](=O)[O-]. The molecule has 0 unspecified atom stereocenters. The van der Waals surface area contributed by atoms with Crippen molar-refractivity contribution in [3.05, 3.63) is 58.1 Å². The molecule has 2 aromatic carbocycles. The average molecular weight is 275 g/mol. The second-order valence-electron chi connectivity index (χ2n) is 3.98. The Bertz CT molecular complexity index is 613. The summed E-state index contributed by atoms with van der Waals surface area (Å²) in [6.07, 6.45) is 0. The van der Waals surface area contributed by atoms with Crippen molar-refractivity contribution in [3.63, 3.8) is 0 Å². The van der Waals surface area contributed by atoms with Gasteiger partial charge in [-0.1, -0.05) is 30.0 Å². The molecule has 0 aliphatic carbocycles. The normalized spacial score (nSPS) is 10.2. The van der Waals surface area contributed by atoms with Crippen molar-refractivity contribution in [2.75, 3.05) is 7.11 Å². The van der Waals surface area contributed by atoms with Gasteiger partial charge in [-0.25, -0.2) is 0 Å². The first-order valence-electron chi connectivity index (χ1n) is 5.67. The van der Waals surface area contributed by atoms with Crippen molar-refractivity contribution in [1.29, 1.82) is 0 Å². The number of rotatable bonds is 4. The van der Waals surface area contributed by atoms with E-state index >= 15 is 0 Å². The van der Waals surface area contributed by atoms with Gasteiger partial charge in [0.2, 0.25) is 0 Å². The highest BCUT2D eigenvalue weighted by Gasteiger charge is 2.16. The van der Waals surface area contributed by atoms with Crippen molar-refractivity contribution < 1.29 is 9.66 Å². The summed E-state index contributed by atoms with van der Waals surface area (Å²) in [5.74, 6) is 0.711. The van der Waals surface area contributed by atoms with Crippen LogP contribution in [0.3, 0.4) is 0 Å². The van der Waals surface area contributed by atoms with Gasteiger partial charge in [-0.05, 0) is 30.7 Å². The molecule has 2 rings (SSSR count). The Kier molecular flexibility index (Phi) is 4.06. The molecule has 2 aromatic rings. The van der Waals surface area contributed by atoms with E-state index in [9.17, 15) is 10.1 Å². The number of hydrogen-bond acceptors (Lipinski definition) is 4. The van der Waals surface area contributed by atoms with Crippen molar-refractivity contribution in [3.8, 4) is 5.75 Å². The van der Waals surface area contributed by atoms with Gasteiger partial charge in [-0.15, -0.1) is 0 Å². The summed E-state index contributed by atoms with van der Waals surface area (Å²) >= 11 is 1.34. The summed E-state index contributed by atoms with van der Waals surface area (Å²) < 4.78 is 5.25. The zero-order valence-electron chi connectivity index (χ0n) is 10.6. The molecule has 0 bridgehead atoms. The first-order chi connectivity index (χ1) is 9.11. The largest absolute Gasteiger partial charge is 0.496 e. The van der Waals surface area contributed by atoms with Gasteiger partial charge < -0.3 is 4.74 Å². The van der Waals surface area contributed by atoms with Crippen LogP contribution in [0.25, 0.3) is 0 Å². The van der Waals surface area contributed by atoms with Gasteiger partial charge in [0.1, 0.15) is 5.75 Å². The third kappa shape index (κ3) is 3.06. The molecule has 0 heterocycles. The average Bonchev–Trinajstić information content (AvgIpc) is 2.41. The van der Waals surface area contributed by atoms with Crippen molar-refractivity contribution in [2.45, 2.75) is 16.7 Å². The van der Waals surface area contributed by atoms with Crippen molar-refractivity contribution in [2.24, 2.45) is 0 Å². The summed E-state index contributed by atoms with van der Waals surface area (Å²) in [5.41, 5.74) is 0.993. The van der Waals surface area contributed by atoms with Gasteiger partial charge in [0.15, 0.2) is 0 Å². The Hall–Kier alpha value is -2.01. The summed E-state index contributed by atoms with van der Waals surface area (Å²) in [6, 6.07) is 12.7. The number of nitrogens with zero attached hydrogens (tertiary/aromatic N) is 1. The lowest BCUT2D eigenvalue weighted by Crippen LogP contribution is -1.92. The minimum Gasteiger partial charge on any atom is -0.496 e. The van der Waals surface area contributed by atoms with E-state index in [-0.39, 0.29) is 10.6 Å². The van der Waals surface area contributed by atoms with E-state index in [0.717, 1.165) is 10.5 Å². The number of para-hydroxylation sites is 1. The van der Waals surface area contributed by atoms with Gasteiger partial charge in [0.05, 0.1) is 21.8 Å². The van der Waals surface area contributed by atoms with E-state index in [0.29, 0.717) is 10.6 Å². The van der Waals surface area contributed by atoms with E-state index < -0.39 is 0 Å². The minimum absolute atomic E-state index is 0.121. The quantitative estimate of drug-likeness (QED) is 0.623. The number of nitro benzene ring substituents is 1. The monoisotopic (exact) mass is 275 g/mol. The predicted octanol–water partition coefficient (Wildman–Crippen LogP) is 4.06. The van der Waals surface area contributed by atoms with Crippen molar-refractivity contribution in [1.82, 2.24) is 0 Å². The van der Waals surface area contributed by atoms with Crippen LogP contribution in [-0.2, 0) is 0 Å². The zero-order chi connectivity index (χ0) is 13.8. The highest BCUT2D eigenvalue weighted by Crippen LogP contribution is 2.39. The number of ether oxygens (including phenoxy) is 1. The molecule has 0 radical (unpaired) electrons. The van der Waals surface area contributed by atoms with E-state index in [1.807, 2.05) is 37.3 Å². The smallest absolute Gasteiger partial charge is 0.283 e. The lowest BCUT2D eigenvalue weighted by atomic mass is 10.2. The molecule has 5 heteroatoms. The second kappa shape index (κ2) is 5.75. The fourth-order valence-corrected chi connectivity index (χ4v) is 2.69. The molecule has 0 saturated carbocycles. The molecule has 0 spiro atoms. The maximum Gasteiger partial charge on any atom is 0.283 e. The molecule has 0 N–H and O–H groups in total. The third-order valence-corrected chi connectivity index (χ3v) is 3.72. The minimum atomic E-state index is -0.356. The van der Waals surface area contributed by atoms with Crippen LogP contribution in [0, 0.1) is 17.0 Å². The maximum absolute atomic E-state index is 11.1. The zero-order valence-corrected chi connectivity index (χ0v) is 11.4. The summed E-state index contributed by atoms with van der Waals surface area (Å²) in [6.45, 7) is 1.84. The molecular formula is C14H13NO3S. The number of hydrogen-bond donors (Lipinski definition) is 0. The van der Waals surface area contributed by atoms with Gasteiger partial charge in [0.25, 0.3) is 5.69 Å². The first-order valence-corrected chi connectivity index (χ1v) is 6.49. The van der Waals surface area contributed by atoms with E-state index in [1.54, 1.807) is 19.2 Å². The summed E-state index contributed by atoms with van der Waals surface area (Å²) in [5, 5.41) is 11.1. The van der Waals surface area contributed by atoms with Gasteiger partial charge in [0, 0.05) is 6.07 Å². The molecule has 4 nitrogen and oxygen atoms in total. The Labute approximate surface area is 115 Å². The lowest BCUT2D eigenvalue weighted by Gasteiger charge is -2.08. The van der Waals surface area contributed by atoms with Crippen LogP contribution in [0.1, 0.15) is 5.56 Å². The number of aryl methyl sites for hydroxylation is 1. The van der Waals surface area contributed by atoms with Crippen LogP contribution >= 0.6 is 11.8 Å². The van der Waals surface area contributed by atoms with Crippen LogP contribution in [0.15, 0.2) is 52.3 Å². The van der Waals surface area contributed by atoms with E-state index in [1.165, 1.54) is 11.8 Å². The van der Waals surface area contributed by atoms with Crippen LogP contribution < -0.4 is 4.74 Å². The maximum atomic E-state index is 11.1. The molecule has 0 amide bonds. The fourth-order valence-electron chi connectivity index (χ4n) is 1.68. The molecule has 0 fully saturated rings. The fraction of sp³-hybridized carbons (Fsp3) is 0.143. The van der Waals surface area contributed by atoms with Crippen LogP contribution in [-0.4, -0.2) is 12.0 Å². The Balaban J connectivity index is 2.41. The van der Waals surface area contributed by atoms with Crippen LogP contribution in [0.4, 0.5) is 5.69 Å². The van der Waals surface area contributed by atoms with Gasteiger partial charge >= 0.3 is 0 Å². The van der Waals surface area contributed by atoms with Gasteiger partial charge in [-0.2, -0.15) is 0 Å². The van der Waals surface area contributed by atoms with Crippen LogP contribution in [0.2, 0.25) is 0 Å². The van der Waals surface area contributed by atoms with Crippen molar-refractivity contribution >= 4 is 17.4 Å². The van der Waals surface area contributed by atoms with E-state index in [4.69, 9.17) is 4.74 Å².